The molecule has 2 aromatic rings. The number of nitrogens with one attached hydrogen (secondary N) is 1. The molecule has 86 valence electrons. The number of rotatable bonds is 3. The summed E-state index contributed by atoms with van der Waals surface area (Å²) in [5.74, 6) is 5.58. The first kappa shape index (κ1) is 12.3. The van der Waals surface area contributed by atoms with E-state index in [0.29, 0.717) is 0 Å². The van der Waals surface area contributed by atoms with Crippen LogP contribution < -0.4 is 11.3 Å². The largest absolute Gasteiger partial charge is 0.275 e. The van der Waals surface area contributed by atoms with Crippen molar-refractivity contribution in [1.29, 1.82) is 0 Å². The quantitative estimate of drug-likeness (QED) is 0.649. The SMILES string of the molecule is Cn1ccc(C(NN)c2cc(Br)c(Br)s2)n1. The molecule has 0 saturated carbocycles. The van der Waals surface area contributed by atoms with Gasteiger partial charge in [0, 0.05) is 22.6 Å². The van der Waals surface area contributed by atoms with Crippen LogP contribution in [-0.2, 0) is 7.05 Å². The molecule has 0 aliphatic carbocycles. The Morgan fingerprint density at radius 1 is 1.56 bits per heavy atom. The fourth-order valence-electron chi connectivity index (χ4n) is 1.41. The van der Waals surface area contributed by atoms with Crippen LogP contribution in [0.5, 0.6) is 0 Å². The number of thiophene rings is 1. The summed E-state index contributed by atoms with van der Waals surface area (Å²) in [6, 6.07) is 3.91. The summed E-state index contributed by atoms with van der Waals surface area (Å²) < 4.78 is 3.85. The maximum absolute atomic E-state index is 5.58. The smallest absolute Gasteiger partial charge is 0.0992 e. The Balaban J connectivity index is 2.36. The zero-order valence-corrected chi connectivity index (χ0v) is 12.4. The highest BCUT2D eigenvalue weighted by atomic mass is 79.9. The number of hydrogen-bond donors (Lipinski definition) is 2. The fraction of sp³-hybridized carbons (Fsp3) is 0.222. The average molecular weight is 366 g/mol. The van der Waals surface area contributed by atoms with Gasteiger partial charge >= 0.3 is 0 Å². The second-order valence-electron chi connectivity index (χ2n) is 3.28. The van der Waals surface area contributed by atoms with Crippen molar-refractivity contribution in [2.45, 2.75) is 6.04 Å². The first-order chi connectivity index (χ1) is 7.61. The molecule has 0 aliphatic heterocycles. The van der Waals surface area contributed by atoms with Crippen molar-refractivity contribution in [2.75, 3.05) is 0 Å². The zero-order valence-electron chi connectivity index (χ0n) is 8.45. The highest BCUT2D eigenvalue weighted by Crippen LogP contribution is 2.36. The molecule has 2 aromatic heterocycles. The Hall–Kier alpha value is -0.210. The van der Waals surface area contributed by atoms with Crippen LogP contribution >= 0.6 is 43.2 Å². The van der Waals surface area contributed by atoms with Gasteiger partial charge in [-0.25, -0.2) is 5.43 Å². The van der Waals surface area contributed by atoms with Crippen LogP contribution in [0, 0.1) is 0 Å². The lowest BCUT2D eigenvalue weighted by molar-refractivity contribution is 0.611. The van der Waals surface area contributed by atoms with E-state index in [-0.39, 0.29) is 6.04 Å². The lowest BCUT2D eigenvalue weighted by Gasteiger charge is -2.10. The molecule has 2 rings (SSSR count). The number of hydrogen-bond acceptors (Lipinski definition) is 4. The summed E-state index contributed by atoms with van der Waals surface area (Å²) in [7, 11) is 1.89. The topological polar surface area (TPSA) is 55.9 Å². The minimum absolute atomic E-state index is 0.0752. The minimum atomic E-state index is -0.0752. The predicted octanol–water partition coefficient (Wildman–Crippen LogP) is 2.56. The highest BCUT2D eigenvalue weighted by Gasteiger charge is 2.18. The van der Waals surface area contributed by atoms with Gasteiger partial charge in [-0.15, -0.1) is 11.3 Å². The average Bonchev–Trinajstić information content (AvgIpc) is 2.77. The van der Waals surface area contributed by atoms with E-state index in [2.05, 4.69) is 42.4 Å². The van der Waals surface area contributed by atoms with Gasteiger partial charge in [-0.2, -0.15) is 5.10 Å². The van der Waals surface area contributed by atoms with E-state index in [0.717, 1.165) is 18.8 Å². The van der Waals surface area contributed by atoms with Crippen molar-refractivity contribution in [1.82, 2.24) is 15.2 Å². The second-order valence-corrected chi connectivity index (χ2v) is 6.54. The van der Waals surface area contributed by atoms with Gasteiger partial charge in [0.2, 0.25) is 0 Å². The first-order valence-electron chi connectivity index (χ1n) is 4.52. The van der Waals surface area contributed by atoms with Gasteiger partial charge in [0.25, 0.3) is 0 Å². The molecule has 3 N–H and O–H groups in total. The van der Waals surface area contributed by atoms with Crippen molar-refractivity contribution < 1.29 is 0 Å². The minimum Gasteiger partial charge on any atom is -0.275 e. The molecule has 0 radical (unpaired) electrons. The Morgan fingerprint density at radius 3 is 2.75 bits per heavy atom. The second kappa shape index (κ2) is 4.97. The number of aryl methyl sites for hydroxylation is 1. The first-order valence-corrected chi connectivity index (χ1v) is 6.92. The number of nitrogens with two attached hydrogens (primary N) is 1. The third kappa shape index (κ3) is 2.38. The highest BCUT2D eigenvalue weighted by molar-refractivity contribution is 9.13. The molecule has 0 aromatic carbocycles. The van der Waals surface area contributed by atoms with E-state index in [9.17, 15) is 0 Å². The van der Waals surface area contributed by atoms with E-state index in [1.54, 1.807) is 16.0 Å². The third-order valence-electron chi connectivity index (χ3n) is 2.15. The van der Waals surface area contributed by atoms with Crippen LogP contribution in [-0.4, -0.2) is 9.78 Å². The van der Waals surface area contributed by atoms with Crippen molar-refractivity contribution in [3.8, 4) is 0 Å². The number of aromatic nitrogens is 2. The Morgan fingerprint density at radius 2 is 2.31 bits per heavy atom. The van der Waals surface area contributed by atoms with Crippen LogP contribution in [0.3, 0.4) is 0 Å². The van der Waals surface area contributed by atoms with Crippen molar-refractivity contribution >= 4 is 43.2 Å². The van der Waals surface area contributed by atoms with E-state index in [1.807, 2.05) is 25.4 Å². The number of halogens is 2. The van der Waals surface area contributed by atoms with Gasteiger partial charge in [-0.1, -0.05) is 0 Å². The summed E-state index contributed by atoms with van der Waals surface area (Å²) >= 11 is 8.56. The van der Waals surface area contributed by atoms with Gasteiger partial charge in [-0.05, 0) is 44.0 Å². The van der Waals surface area contributed by atoms with Gasteiger partial charge < -0.3 is 0 Å². The van der Waals surface area contributed by atoms with Crippen molar-refractivity contribution in [3.05, 3.63) is 37.2 Å². The molecule has 0 bridgehead atoms. The molecule has 16 heavy (non-hydrogen) atoms. The van der Waals surface area contributed by atoms with Crippen LogP contribution in [0.2, 0.25) is 0 Å². The van der Waals surface area contributed by atoms with Crippen LogP contribution in [0.25, 0.3) is 0 Å². The van der Waals surface area contributed by atoms with Crippen LogP contribution in [0.4, 0.5) is 0 Å². The Kier molecular flexibility index (Phi) is 3.81. The summed E-state index contributed by atoms with van der Waals surface area (Å²) in [5.41, 5.74) is 3.69. The summed E-state index contributed by atoms with van der Waals surface area (Å²) in [6.45, 7) is 0. The van der Waals surface area contributed by atoms with Gasteiger partial charge in [-0.3, -0.25) is 10.5 Å². The van der Waals surface area contributed by atoms with Crippen molar-refractivity contribution in [2.24, 2.45) is 12.9 Å². The molecule has 7 heteroatoms. The molecule has 0 saturated heterocycles. The molecular formula is C9H10Br2N4S. The van der Waals surface area contributed by atoms with Gasteiger partial charge in [0.05, 0.1) is 15.5 Å². The normalized spacial score (nSPS) is 13.0. The Labute approximate surface area is 114 Å². The molecule has 1 atom stereocenters. The molecule has 2 heterocycles. The molecule has 0 spiro atoms. The summed E-state index contributed by atoms with van der Waals surface area (Å²) in [5, 5.41) is 4.35. The van der Waals surface area contributed by atoms with Gasteiger partial charge in [0.15, 0.2) is 0 Å². The predicted molar refractivity (Wildman–Crippen MR) is 72.1 cm³/mol. The lowest BCUT2D eigenvalue weighted by atomic mass is 10.2. The van der Waals surface area contributed by atoms with Crippen LogP contribution in [0.15, 0.2) is 26.6 Å². The molecule has 0 amide bonds. The molecule has 4 nitrogen and oxygen atoms in total. The molecular weight excluding hydrogens is 356 g/mol. The molecule has 0 aliphatic rings. The van der Waals surface area contributed by atoms with E-state index in [4.69, 9.17) is 5.84 Å². The molecule has 0 fully saturated rings. The molecule has 1 unspecified atom stereocenters. The van der Waals surface area contributed by atoms with Gasteiger partial charge in [0.1, 0.15) is 0 Å². The Bertz CT molecular complexity index is 474. The van der Waals surface area contributed by atoms with E-state index in [1.165, 1.54) is 0 Å². The monoisotopic (exact) mass is 364 g/mol. The maximum atomic E-state index is 5.58. The lowest BCUT2D eigenvalue weighted by Crippen LogP contribution is -2.28. The summed E-state index contributed by atoms with van der Waals surface area (Å²) in [6.07, 6.45) is 1.90. The fourth-order valence-corrected chi connectivity index (χ4v) is 3.57. The van der Waals surface area contributed by atoms with Crippen molar-refractivity contribution in [3.63, 3.8) is 0 Å². The summed E-state index contributed by atoms with van der Waals surface area (Å²) in [4.78, 5) is 1.11. The maximum Gasteiger partial charge on any atom is 0.0992 e. The number of hydrazine groups is 1. The van der Waals surface area contributed by atoms with Crippen LogP contribution in [0.1, 0.15) is 16.6 Å². The van der Waals surface area contributed by atoms with E-state index >= 15 is 0 Å². The van der Waals surface area contributed by atoms with E-state index < -0.39 is 0 Å². The zero-order chi connectivity index (χ0) is 11.7. The third-order valence-corrected chi connectivity index (χ3v) is 5.47. The number of nitrogens with zero attached hydrogens (tertiary/aromatic N) is 2. The standard InChI is InChI=1S/C9H10Br2N4S/c1-15-3-2-6(14-15)8(13-12)7-4-5(10)9(11)16-7/h2-4,8,13H,12H2,1H3.